The Bertz CT molecular complexity index is 1220. The second-order valence-corrected chi connectivity index (χ2v) is 8.21. The highest BCUT2D eigenvalue weighted by molar-refractivity contribution is 6.31. The number of rotatable bonds is 10. The van der Waals surface area contributed by atoms with Gasteiger partial charge < -0.3 is 20.1 Å². The average Bonchev–Trinajstić information content (AvgIpc) is 2.83. The maximum atomic E-state index is 6.06. The van der Waals surface area contributed by atoms with Gasteiger partial charge in [0.05, 0.1) is 12.6 Å². The van der Waals surface area contributed by atoms with Crippen LogP contribution < -0.4 is 20.1 Å². The molecule has 6 nitrogen and oxygen atoms in total. The number of nitrogens with zero attached hydrogens (tertiary/aromatic N) is 2. The minimum Gasteiger partial charge on any atom is -0.493 e. The van der Waals surface area contributed by atoms with E-state index in [0.29, 0.717) is 34.8 Å². The number of anilines is 1. The number of benzene rings is 2. The third-order valence-electron chi connectivity index (χ3n) is 5.06. The molecule has 2 N–H and O–H groups in total. The fourth-order valence-corrected chi connectivity index (χ4v) is 3.67. The molecular weight excluding hydrogens is 495 g/mol. The number of pyridine rings is 2. The average molecular weight is 520 g/mol. The second kappa shape index (κ2) is 12.6. The van der Waals surface area contributed by atoms with Crippen molar-refractivity contribution in [1.29, 1.82) is 0 Å². The minimum atomic E-state index is 0. The van der Waals surface area contributed by atoms with E-state index in [2.05, 4.69) is 20.6 Å². The van der Waals surface area contributed by atoms with Crippen molar-refractivity contribution in [3.8, 4) is 11.5 Å². The van der Waals surface area contributed by atoms with Gasteiger partial charge in [-0.1, -0.05) is 35.3 Å². The summed E-state index contributed by atoms with van der Waals surface area (Å²) in [5.74, 6) is 1.37. The van der Waals surface area contributed by atoms with Crippen molar-refractivity contribution in [3.05, 3.63) is 88.3 Å². The monoisotopic (exact) mass is 518 g/mol. The molecule has 0 aliphatic rings. The fourth-order valence-electron chi connectivity index (χ4n) is 3.39. The van der Waals surface area contributed by atoms with E-state index in [-0.39, 0.29) is 12.4 Å². The number of fused-ring (bicyclic) bond motifs is 1. The van der Waals surface area contributed by atoms with Gasteiger partial charge in [0.2, 0.25) is 0 Å². The molecular formula is C25H25Cl3N4O2. The van der Waals surface area contributed by atoms with Gasteiger partial charge in [-0.05, 0) is 48.0 Å². The van der Waals surface area contributed by atoms with Crippen LogP contribution in [-0.4, -0.2) is 30.2 Å². The Kier molecular flexibility index (Phi) is 9.60. The molecule has 0 aliphatic carbocycles. The topological polar surface area (TPSA) is 68.3 Å². The predicted octanol–water partition coefficient (Wildman–Crippen LogP) is 6.15. The molecule has 0 atom stereocenters. The van der Waals surface area contributed by atoms with Crippen molar-refractivity contribution < 1.29 is 9.47 Å². The first-order valence-corrected chi connectivity index (χ1v) is 11.3. The van der Waals surface area contributed by atoms with E-state index in [1.54, 1.807) is 25.6 Å². The van der Waals surface area contributed by atoms with Gasteiger partial charge in [-0.2, -0.15) is 0 Å². The number of nitrogens with one attached hydrogen (secondary N) is 2. The van der Waals surface area contributed by atoms with Crippen LogP contribution in [0.3, 0.4) is 0 Å². The van der Waals surface area contributed by atoms with Gasteiger partial charge in [0.15, 0.2) is 11.5 Å². The molecule has 0 amide bonds. The van der Waals surface area contributed by atoms with Crippen LogP contribution in [0.1, 0.15) is 11.1 Å². The Balaban J connectivity index is 0.00000324. The van der Waals surface area contributed by atoms with Crippen molar-refractivity contribution in [2.75, 3.05) is 25.5 Å². The van der Waals surface area contributed by atoms with Crippen LogP contribution >= 0.6 is 35.6 Å². The summed E-state index contributed by atoms with van der Waals surface area (Å²) >= 11 is 11.9. The zero-order valence-electron chi connectivity index (χ0n) is 18.6. The van der Waals surface area contributed by atoms with E-state index >= 15 is 0 Å². The summed E-state index contributed by atoms with van der Waals surface area (Å²) in [4.78, 5) is 8.44. The highest BCUT2D eigenvalue weighted by Gasteiger charge is 2.07. The van der Waals surface area contributed by atoms with Crippen LogP contribution in [0.4, 0.5) is 5.69 Å². The molecule has 0 saturated carbocycles. The molecule has 0 radical (unpaired) electrons. The maximum Gasteiger partial charge on any atom is 0.161 e. The Labute approximate surface area is 215 Å². The van der Waals surface area contributed by atoms with Crippen molar-refractivity contribution >= 4 is 52.2 Å². The lowest BCUT2D eigenvalue weighted by Gasteiger charge is -2.13. The molecule has 178 valence electrons. The van der Waals surface area contributed by atoms with Crippen molar-refractivity contribution in [2.45, 2.75) is 13.2 Å². The van der Waals surface area contributed by atoms with E-state index in [1.165, 1.54) is 0 Å². The Hall–Kier alpha value is -2.77. The second-order valence-electron chi connectivity index (χ2n) is 7.39. The fraction of sp³-hybridized carbons (Fsp3) is 0.200. The van der Waals surface area contributed by atoms with E-state index in [1.807, 2.05) is 48.5 Å². The number of aromatic nitrogens is 2. The molecule has 4 rings (SSSR count). The van der Waals surface area contributed by atoms with Crippen LogP contribution in [0, 0.1) is 0 Å². The summed E-state index contributed by atoms with van der Waals surface area (Å²) < 4.78 is 11.4. The minimum absolute atomic E-state index is 0. The molecule has 0 saturated heterocycles. The molecule has 2 aromatic heterocycles. The summed E-state index contributed by atoms with van der Waals surface area (Å²) in [6.45, 7) is 2.67. The van der Waals surface area contributed by atoms with E-state index in [9.17, 15) is 0 Å². The van der Waals surface area contributed by atoms with E-state index in [4.69, 9.17) is 32.7 Å². The summed E-state index contributed by atoms with van der Waals surface area (Å²) in [7, 11) is 1.64. The standard InChI is InChI=1S/C25H24Cl2N4O2.ClH/c1-32-24-12-17(2-6-23(24)33-16-18-3-7-25(27)31-15-18)14-28-10-11-30-21-8-9-29-22-13-19(26)4-5-20(21)22;/h2-9,12-13,15,28H,10-11,14,16H2,1H3,(H,29,30);1H. The van der Waals surface area contributed by atoms with Gasteiger partial charge in [0.1, 0.15) is 11.8 Å². The van der Waals surface area contributed by atoms with Crippen LogP contribution in [-0.2, 0) is 13.2 Å². The smallest absolute Gasteiger partial charge is 0.161 e. The first-order valence-electron chi connectivity index (χ1n) is 10.5. The van der Waals surface area contributed by atoms with Crippen LogP contribution in [0.25, 0.3) is 10.9 Å². The lowest BCUT2D eigenvalue weighted by Crippen LogP contribution is -2.21. The van der Waals surface area contributed by atoms with Gasteiger partial charge in [0.25, 0.3) is 0 Å². The maximum absolute atomic E-state index is 6.06. The number of ether oxygens (including phenoxy) is 2. The molecule has 0 bridgehead atoms. The molecule has 9 heteroatoms. The van der Waals surface area contributed by atoms with Crippen LogP contribution in [0.2, 0.25) is 10.2 Å². The lowest BCUT2D eigenvalue weighted by molar-refractivity contribution is 0.284. The highest BCUT2D eigenvalue weighted by Crippen LogP contribution is 2.29. The summed E-state index contributed by atoms with van der Waals surface area (Å²) in [6.07, 6.45) is 3.48. The molecule has 0 spiro atoms. The number of hydrogen-bond donors (Lipinski definition) is 2. The van der Waals surface area contributed by atoms with E-state index < -0.39 is 0 Å². The predicted molar refractivity (Wildman–Crippen MR) is 141 cm³/mol. The van der Waals surface area contributed by atoms with Crippen LogP contribution in [0.5, 0.6) is 11.5 Å². The number of halogens is 3. The van der Waals surface area contributed by atoms with Gasteiger partial charge in [0, 0.05) is 53.7 Å². The third kappa shape index (κ3) is 6.87. The molecule has 0 unspecified atom stereocenters. The first-order chi connectivity index (χ1) is 16.1. The first kappa shape index (κ1) is 25.8. The van der Waals surface area contributed by atoms with Crippen molar-refractivity contribution in [3.63, 3.8) is 0 Å². The van der Waals surface area contributed by atoms with Crippen LogP contribution in [0.15, 0.2) is 67.0 Å². The molecule has 2 aromatic carbocycles. The lowest BCUT2D eigenvalue weighted by atomic mass is 10.2. The number of methoxy groups -OCH3 is 1. The van der Waals surface area contributed by atoms with Crippen molar-refractivity contribution in [1.82, 2.24) is 15.3 Å². The highest BCUT2D eigenvalue weighted by atomic mass is 35.5. The molecule has 2 heterocycles. The third-order valence-corrected chi connectivity index (χ3v) is 5.52. The quantitative estimate of drug-likeness (QED) is 0.193. The van der Waals surface area contributed by atoms with E-state index in [0.717, 1.165) is 40.8 Å². The Morgan fingerprint density at radius 2 is 1.74 bits per heavy atom. The Morgan fingerprint density at radius 3 is 2.53 bits per heavy atom. The summed E-state index contributed by atoms with van der Waals surface area (Å²) in [5, 5.41) is 9.10. The van der Waals surface area contributed by atoms with Gasteiger partial charge >= 0.3 is 0 Å². The summed E-state index contributed by atoms with van der Waals surface area (Å²) in [5.41, 5.74) is 3.96. The van der Waals surface area contributed by atoms with Gasteiger partial charge in [-0.15, -0.1) is 12.4 Å². The zero-order valence-corrected chi connectivity index (χ0v) is 20.9. The molecule has 4 aromatic rings. The molecule has 0 fully saturated rings. The molecule has 0 aliphatic heterocycles. The summed E-state index contributed by atoms with van der Waals surface area (Å²) in [6, 6.07) is 17.3. The zero-order chi connectivity index (χ0) is 23.0. The Morgan fingerprint density at radius 1 is 0.882 bits per heavy atom. The van der Waals surface area contributed by atoms with Gasteiger partial charge in [-0.25, -0.2) is 4.98 Å². The van der Waals surface area contributed by atoms with Crippen molar-refractivity contribution in [2.24, 2.45) is 0 Å². The number of hydrogen-bond acceptors (Lipinski definition) is 6. The normalized spacial score (nSPS) is 10.6. The molecule has 34 heavy (non-hydrogen) atoms. The SMILES string of the molecule is COc1cc(CNCCNc2ccnc3cc(Cl)ccc23)ccc1OCc1ccc(Cl)nc1.Cl. The van der Waals surface area contributed by atoms with Gasteiger partial charge in [-0.3, -0.25) is 4.98 Å². The largest absolute Gasteiger partial charge is 0.493 e.